The lowest BCUT2D eigenvalue weighted by molar-refractivity contribution is -0.120. The smallest absolute Gasteiger partial charge is 0.282 e. The molecule has 0 atom stereocenters. The second kappa shape index (κ2) is 9.64. The van der Waals surface area contributed by atoms with Gasteiger partial charge in [-0.25, -0.2) is 4.90 Å². The Hall–Kier alpha value is -3.36. The van der Waals surface area contributed by atoms with Gasteiger partial charge in [-0.2, -0.15) is 0 Å². The lowest BCUT2D eigenvalue weighted by atomic mass is 10.0. The van der Waals surface area contributed by atoms with E-state index >= 15 is 0 Å². The molecule has 2 aromatic carbocycles. The van der Waals surface area contributed by atoms with Crippen molar-refractivity contribution in [3.8, 4) is 5.75 Å². The van der Waals surface area contributed by atoms with Crippen molar-refractivity contribution in [1.29, 1.82) is 0 Å². The van der Waals surface area contributed by atoms with Crippen LogP contribution in [0.2, 0.25) is 0 Å². The van der Waals surface area contributed by atoms with E-state index in [1.165, 1.54) is 4.90 Å². The maximum Gasteiger partial charge on any atom is 0.282 e. The Morgan fingerprint density at radius 3 is 2.09 bits per heavy atom. The number of aliphatic hydroxyl groups excluding tert-OH is 1. The Morgan fingerprint density at radius 1 is 0.909 bits per heavy atom. The number of β-amino-alcohol motifs (C(OH)–C–C–N with tert-alkyl or cyclic N) is 1. The zero-order valence-corrected chi connectivity index (χ0v) is 19.3. The standard InChI is InChI=1S/C25H30N4O4/c1-26(2)19-6-8-20(9-7-19)29-24(31)22(18-4-10-21(33-3)11-5-18)23(25(29)32)28-14-12-27(13-15-28)16-17-30/h4-11,30H,12-17H2,1-3H3. The number of piperazine rings is 1. The molecule has 0 unspecified atom stereocenters. The van der Waals surface area contributed by atoms with Crippen molar-refractivity contribution in [3.05, 3.63) is 59.8 Å². The molecule has 8 nitrogen and oxygen atoms in total. The van der Waals surface area contributed by atoms with E-state index < -0.39 is 0 Å². The molecule has 0 saturated carbocycles. The number of hydrogen-bond acceptors (Lipinski definition) is 7. The Labute approximate surface area is 194 Å². The van der Waals surface area contributed by atoms with E-state index in [1.54, 1.807) is 31.4 Å². The highest BCUT2D eigenvalue weighted by molar-refractivity contribution is 6.45. The van der Waals surface area contributed by atoms with Crippen LogP contribution in [0.25, 0.3) is 5.57 Å². The monoisotopic (exact) mass is 450 g/mol. The minimum Gasteiger partial charge on any atom is -0.497 e. The first-order chi connectivity index (χ1) is 15.9. The first-order valence-electron chi connectivity index (χ1n) is 11.1. The summed E-state index contributed by atoms with van der Waals surface area (Å²) >= 11 is 0. The molecule has 0 aromatic heterocycles. The number of carbonyl (C=O) groups excluding carboxylic acids is 2. The van der Waals surface area contributed by atoms with Gasteiger partial charge >= 0.3 is 0 Å². The normalized spacial score (nSPS) is 17.2. The average Bonchev–Trinajstić information content (AvgIpc) is 3.09. The first-order valence-corrected chi connectivity index (χ1v) is 11.1. The van der Waals surface area contributed by atoms with Gasteiger partial charge in [0.25, 0.3) is 11.8 Å². The topological polar surface area (TPSA) is 76.6 Å². The lowest BCUT2D eigenvalue weighted by Crippen LogP contribution is -2.48. The molecule has 1 fully saturated rings. The fourth-order valence-electron chi connectivity index (χ4n) is 4.30. The van der Waals surface area contributed by atoms with Crippen molar-refractivity contribution >= 4 is 28.8 Å². The van der Waals surface area contributed by atoms with E-state index in [9.17, 15) is 14.7 Å². The number of anilines is 2. The van der Waals surface area contributed by atoms with E-state index in [-0.39, 0.29) is 18.4 Å². The first kappa shape index (κ1) is 22.8. The third-order valence-electron chi connectivity index (χ3n) is 6.17. The highest BCUT2D eigenvalue weighted by Gasteiger charge is 2.43. The summed E-state index contributed by atoms with van der Waals surface area (Å²) in [6.45, 7) is 3.38. The van der Waals surface area contributed by atoms with Crippen LogP contribution in [0.5, 0.6) is 5.75 Å². The zero-order valence-electron chi connectivity index (χ0n) is 19.3. The summed E-state index contributed by atoms with van der Waals surface area (Å²) in [5.41, 5.74) is 3.08. The van der Waals surface area contributed by atoms with E-state index in [1.807, 2.05) is 48.2 Å². The van der Waals surface area contributed by atoms with Crippen molar-refractivity contribution in [1.82, 2.24) is 9.80 Å². The molecule has 2 heterocycles. The molecule has 2 aromatic rings. The molecule has 0 radical (unpaired) electrons. The molecule has 2 amide bonds. The number of amides is 2. The third-order valence-corrected chi connectivity index (χ3v) is 6.17. The molecule has 2 aliphatic heterocycles. The number of aliphatic hydroxyl groups is 1. The third kappa shape index (κ3) is 4.44. The van der Waals surface area contributed by atoms with Gasteiger partial charge in [-0.15, -0.1) is 0 Å². The van der Waals surface area contributed by atoms with Crippen LogP contribution < -0.4 is 14.5 Å². The minimum absolute atomic E-state index is 0.105. The van der Waals surface area contributed by atoms with Gasteiger partial charge in [0, 0.05) is 52.5 Å². The molecule has 4 rings (SSSR count). The highest BCUT2D eigenvalue weighted by atomic mass is 16.5. The molecule has 2 aliphatic rings. The molecule has 174 valence electrons. The van der Waals surface area contributed by atoms with E-state index in [2.05, 4.69) is 4.90 Å². The summed E-state index contributed by atoms with van der Waals surface area (Å²) in [4.78, 5) is 34.7. The number of ether oxygens (including phenoxy) is 1. The molecule has 1 saturated heterocycles. The van der Waals surface area contributed by atoms with Gasteiger partial charge < -0.3 is 19.6 Å². The summed E-state index contributed by atoms with van der Waals surface area (Å²) in [5, 5.41) is 9.24. The average molecular weight is 451 g/mol. The number of imide groups is 1. The van der Waals surface area contributed by atoms with Gasteiger partial charge in [0.2, 0.25) is 0 Å². The largest absolute Gasteiger partial charge is 0.497 e. The van der Waals surface area contributed by atoms with Gasteiger partial charge in [0.05, 0.1) is 25.0 Å². The summed E-state index contributed by atoms with van der Waals surface area (Å²) in [6.07, 6.45) is 0. The van der Waals surface area contributed by atoms with Crippen LogP contribution in [0, 0.1) is 0 Å². The molecular weight excluding hydrogens is 420 g/mol. The van der Waals surface area contributed by atoms with Crippen molar-refractivity contribution in [3.63, 3.8) is 0 Å². The van der Waals surface area contributed by atoms with E-state index in [4.69, 9.17) is 4.74 Å². The van der Waals surface area contributed by atoms with Crippen LogP contribution in [-0.2, 0) is 9.59 Å². The van der Waals surface area contributed by atoms with Crippen LogP contribution >= 0.6 is 0 Å². The SMILES string of the molecule is COc1ccc(C2=C(N3CCN(CCO)CC3)C(=O)N(c3ccc(N(C)C)cc3)C2=O)cc1. The molecule has 0 spiro atoms. The van der Waals surface area contributed by atoms with Crippen LogP contribution in [0.3, 0.4) is 0 Å². The molecule has 0 aliphatic carbocycles. The van der Waals surface area contributed by atoms with E-state index in [0.29, 0.717) is 47.9 Å². The Balaban J connectivity index is 1.71. The molecule has 0 bridgehead atoms. The molecule has 33 heavy (non-hydrogen) atoms. The minimum atomic E-state index is -0.324. The van der Waals surface area contributed by atoms with Gasteiger partial charge in [-0.1, -0.05) is 12.1 Å². The van der Waals surface area contributed by atoms with Crippen molar-refractivity contribution in [2.75, 3.05) is 70.3 Å². The Morgan fingerprint density at radius 2 is 1.55 bits per heavy atom. The van der Waals surface area contributed by atoms with Crippen molar-refractivity contribution in [2.24, 2.45) is 0 Å². The van der Waals surface area contributed by atoms with Gasteiger partial charge in [0.15, 0.2) is 0 Å². The van der Waals surface area contributed by atoms with Crippen LogP contribution in [0.15, 0.2) is 54.2 Å². The lowest BCUT2D eigenvalue weighted by Gasteiger charge is -2.36. The predicted octanol–water partition coefficient (Wildman–Crippen LogP) is 1.66. The van der Waals surface area contributed by atoms with Crippen LogP contribution in [-0.4, -0.2) is 87.3 Å². The van der Waals surface area contributed by atoms with Gasteiger partial charge in [-0.3, -0.25) is 14.5 Å². The van der Waals surface area contributed by atoms with Crippen molar-refractivity contribution in [2.45, 2.75) is 0 Å². The molecule has 1 N–H and O–H groups in total. The van der Waals surface area contributed by atoms with Gasteiger partial charge in [-0.05, 0) is 42.0 Å². The van der Waals surface area contributed by atoms with Gasteiger partial charge in [0.1, 0.15) is 11.4 Å². The Kier molecular flexibility index (Phi) is 6.67. The maximum atomic E-state index is 13.7. The Bertz CT molecular complexity index is 1040. The second-order valence-electron chi connectivity index (χ2n) is 8.36. The van der Waals surface area contributed by atoms with Crippen LogP contribution in [0.1, 0.15) is 5.56 Å². The predicted molar refractivity (Wildman–Crippen MR) is 128 cm³/mol. The fourth-order valence-corrected chi connectivity index (χ4v) is 4.30. The fraction of sp³-hybridized carbons (Fsp3) is 0.360. The maximum absolute atomic E-state index is 13.7. The quantitative estimate of drug-likeness (QED) is 0.643. The highest BCUT2D eigenvalue weighted by Crippen LogP contribution is 2.36. The van der Waals surface area contributed by atoms with E-state index in [0.717, 1.165) is 18.8 Å². The number of rotatable bonds is 7. The molecule has 8 heteroatoms. The van der Waals surface area contributed by atoms with Crippen LogP contribution in [0.4, 0.5) is 11.4 Å². The number of carbonyl (C=O) groups is 2. The number of hydrogen-bond donors (Lipinski definition) is 1. The number of nitrogens with zero attached hydrogens (tertiary/aromatic N) is 4. The second-order valence-corrected chi connectivity index (χ2v) is 8.36. The summed E-state index contributed by atoms with van der Waals surface area (Å²) in [7, 11) is 5.48. The molecular formula is C25H30N4O4. The summed E-state index contributed by atoms with van der Waals surface area (Å²) in [6, 6.07) is 14.6. The zero-order chi connectivity index (χ0) is 23.5. The van der Waals surface area contributed by atoms with Crippen molar-refractivity contribution < 1.29 is 19.4 Å². The number of benzene rings is 2. The number of methoxy groups -OCH3 is 1. The summed E-state index contributed by atoms with van der Waals surface area (Å²) < 4.78 is 5.26. The summed E-state index contributed by atoms with van der Waals surface area (Å²) in [5.74, 6) is 0.0565.